The number of hydrogen-bond acceptors (Lipinski definition) is 3. The summed E-state index contributed by atoms with van der Waals surface area (Å²) in [5.41, 5.74) is 0. The van der Waals surface area contributed by atoms with Crippen LogP contribution in [0.1, 0.15) is 6.92 Å². The lowest BCUT2D eigenvalue weighted by atomic mass is 10.1. The number of rotatable bonds is 1. The fraction of sp³-hybridized carbons (Fsp3) is 1.00. The maximum absolute atomic E-state index is 11.9. The molecule has 1 rings (SSSR count). The highest BCUT2D eigenvalue weighted by atomic mass is 19.1. The zero-order valence-electron chi connectivity index (χ0n) is 5.70. The molecule has 60 valence electrons. The molecule has 1 heterocycles. The first-order chi connectivity index (χ1) is 4.66. The summed E-state index contributed by atoms with van der Waals surface area (Å²) in [7, 11) is 0. The molecule has 0 aromatic rings. The number of ether oxygens (including phenoxy) is 1. The normalized spacial score (nSPS) is 48.0. The van der Waals surface area contributed by atoms with Crippen molar-refractivity contribution >= 4 is 0 Å². The molecule has 4 atom stereocenters. The van der Waals surface area contributed by atoms with E-state index >= 15 is 0 Å². The molecule has 0 spiro atoms. The van der Waals surface area contributed by atoms with E-state index in [0.29, 0.717) is 0 Å². The zero-order chi connectivity index (χ0) is 7.72. The van der Waals surface area contributed by atoms with E-state index in [1.807, 2.05) is 0 Å². The van der Waals surface area contributed by atoms with Crippen LogP contribution in [0.5, 0.6) is 0 Å². The highest BCUT2D eigenvalue weighted by Gasteiger charge is 2.39. The highest BCUT2D eigenvalue weighted by molar-refractivity contribution is 4.87. The third kappa shape index (κ3) is 1.14. The van der Waals surface area contributed by atoms with E-state index in [9.17, 15) is 4.39 Å². The van der Waals surface area contributed by atoms with Crippen LogP contribution in [0.15, 0.2) is 0 Å². The van der Waals surface area contributed by atoms with Crippen LogP contribution in [0.2, 0.25) is 0 Å². The Hall–Kier alpha value is -0.190. The summed E-state index contributed by atoms with van der Waals surface area (Å²) in [5, 5.41) is 18.0. The van der Waals surface area contributed by atoms with E-state index < -0.39 is 31.1 Å². The molecule has 0 bridgehead atoms. The van der Waals surface area contributed by atoms with Gasteiger partial charge in [0.2, 0.25) is 0 Å². The first kappa shape index (κ1) is 7.91. The lowest BCUT2D eigenvalue weighted by Gasteiger charge is -2.09. The monoisotopic (exact) mass is 150 g/mol. The second kappa shape index (κ2) is 2.82. The van der Waals surface area contributed by atoms with Crippen LogP contribution < -0.4 is 0 Å². The van der Waals surface area contributed by atoms with E-state index in [2.05, 4.69) is 0 Å². The Morgan fingerprint density at radius 3 is 2.20 bits per heavy atom. The Balaban J connectivity index is 2.53. The SMILES string of the molecule is C[C@@H]1O[C@H](CF)[C@H](O)C1O. The topological polar surface area (TPSA) is 49.7 Å². The molecular weight excluding hydrogens is 139 g/mol. The van der Waals surface area contributed by atoms with Crippen LogP contribution in [0, 0.1) is 0 Å². The first-order valence-electron chi connectivity index (χ1n) is 3.24. The Morgan fingerprint density at radius 2 is 2.00 bits per heavy atom. The smallest absolute Gasteiger partial charge is 0.118 e. The zero-order valence-corrected chi connectivity index (χ0v) is 5.70. The fourth-order valence-electron chi connectivity index (χ4n) is 1.06. The summed E-state index contributed by atoms with van der Waals surface area (Å²) < 4.78 is 16.8. The van der Waals surface area contributed by atoms with Crippen molar-refractivity contribution in [2.75, 3.05) is 6.67 Å². The molecule has 0 radical (unpaired) electrons. The molecule has 1 fully saturated rings. The third-order valence-corrected chi connectivity index (χ3v) is 1.75. The van der Waals surface area contributed by atoms with Gasteiger partial charge in [0.1, 0.15) is 25.0 Å². The molecule has 0 amide bonds. The summed E-state index contributed by atoms with van der Waals surface area (Å²) in [6.45, 7) is 0.853. The van der Waals surface area contributed by atoms with Gasteiger partial charge in [0.25, 0.3) is 0 Å². The first-order valence-corrected chi connectivity index (χ1v) is 3.24. The summed E-state index contributed by atoms with van der Waals surface area (Å²) in [6.07, 6.45) is -3.32. The highest BCUT2D eigenvalue weighted by Crippen LogP contribution is 2.20. The molecule has 3 nitrogen and oxygen atoms in total. The van der Waals surface area contributed by atoms with Gasteiger partial charge < -0.3 is 14.9 Å². The van der Waals surface area contributed by atoms with E-state index in [4.69, 9.17) is 14.9 Å². The van der Waals surface area contributed by atoms with Crippen molar-refractivity contribution in [1.29, 1.82) is 0 Å². The van der Waals surface area contributed by atoms with E-state index in [0.717, 1.165) is 0 Å². The van der Waals surface area contributed by atoms with Crippen molar-refractivity contribution in [2.45, 2.75) is 31.3 Å². The lowest BCUT2D eigenvalue weighted by molar-refractivity contribution is 0.00203. The maximum atomic E-state index is 11.9. The minimum Gasteiger partial charge on any atom is -0.388 e. The Bertz CT molecular complexity index is 120. The molecular formula is C6H11FO3. The third-order valence-electron chi connectivity index (χ3n) is 1.75. The predicted molar refractivity (Wildman–Crippen MR) is 32.3 cm³/mol. The molecule has 0 saturated carbocycles. The van der Waals surface area contributed by atoms with Gasteiger partial charge in [0.05, 0.1) is 6.10 Å². The van der Waals surface area contributed by atoms with Crippen LogP contribution in [0.25, 0.3) is 0 Å². The largest absolute Gasteiger partial charge is 0.388 e. The summed E-state index contributed by atoms with van der Waals surface area (Å²) >= 11 is 0. The number of aliphatic hydroxyl groups excluding tert-OH is 2. The molecule has 1 unspecified atom stereocenters. The van der Waals surface area contributed by atoms with Crippen LogP contribution in [0.3, 0.4) is 0 Å². The summed E-state index contributed by atoms with van der Waals surface area (Å²) in [4.78, 5) is 0. The number of hydrogen-bond donors (Lipinski definition) is 2. The second-order valence-electron chi connectivity index (χ2n) is 2.52. The van der Waals surface area contributed by atoms with Crippen LogP contribution in [-0.4, -0.2) is 41.3 Å². The Morgan fingerprint density at radius 1 is 1.40 bits per heavy atom. The van der Waals surface area contributed by atoms with Crippen molar-refractivity contribution in [1.82, 2.24) is 0 Å². The average molecular weight is 150 g/mol. The van der Waals surface area contributed by atoms with Crippen molar-refractivity contribution in [3.05, 3.63) is 0 Å². The molecule has 4 heteroatoms. The van der Waals surface area contributed by atoms with Gasteiger partial charge in [-0.15, -0.1) is 0 Å². The molecule has 1 aliphatic rings. The average Bonchev–Trinajstić information content (AvgIpc) is 2.17. The van der Waals surface area contributed by atoms with Gasteiger partial charge in [0, 0.05) is 0 Å². The Kier molecular flexibility index (Phi) is 2.23. The van der Waals surface area contributed by atoms with Crippen molar-refractivity contribution in [3.63, 3.8) is 0 Å². The number of alkyl halides is 1. The van der Waals surface area contributed by atoms with Gasteiger partial charge in [-0.1, -0.05) is 0 Å². The standard InChI is InChI=1S/C6H11FO3/c1-3-5(8)6(9)4(2-7)10-3/h3-6,8-9H,2H2,1H3/t3-,4+,5?,6-/m0/s1. The van der Waals surface area contributed by atoms with Gasteiger partial charge in [-0.2, -0.15) is 0 Å². The van der Waals surface area contributed by atoms with Gasteiger partial charge in [-0.3, -0.25) is 0 Å². The predicted octanol–water partition coefficient (Wildman–Crippen LogP) is -0.535. The molecule has 10 heavy (non-hydrogen) atoms. The summed E-state index contributed by atoms with van der Waals surface area (Å²) in [5.74, 6) is 0. The molecule has 0 aromatic heterocycles. The Labute approximate surface area is 58.4 Å². The molecule has 0 aromatic carbocycles. The number of halogens is 1. The minimum atomic E-state index is -1.07. The van der Waals surface area contributed by atoms with Crippen molar-refractivity contribution in [2.24, 2.45) is 0 Å². The summed E-state index contributed by atoms with van der Waals surface area (Å²) in [6, 6.07) is 0. The minimum absolute atomic E-state index is 0.462. The van der Waals surface area contributed by atoms with Gasteiger partial charge >= 0.3 is 0 Å². The van der Waals surface area contributed by atoms with Crippen molar-refractivity contribution < 1.29 is 19.3 Å². The van der Waals surface area contributed by atoms with Crippen LogP contribution >= 0.6 is 0 Å². The quantitative estimate of drug-likeness (QED) is 0.528. The van der Waals surface area contributed by atoms with Crippen LogP contribution in [-0.2, 0) is 4.74 Å². The van der Waals surface area contributed by atoms with Gasteiger partial charge in [-0.05, 0) is 6.92 Å². The van der Waals surface area contributed by atoms with E-state index in [1.54, 1.807) is 6.92 Å². The molecule has 2 N–H and O–H groups in total. The van der Waals surface area contributed by atoms with Crippen LogP contribution in [0.4, 0.5) is 4.39 Å². The molecule has 1 saturated heterocycles. The maximum Gasteiger partial charge on any atom is 0.118 e. The fourth-order valence-corrected chi connectivity index (χ4v) is 1.06. The second-order valence-corrected chi connectivity index (χ2v) is 2.52. The van der Waals surface area contributed by atoms with Gasteiger partial charge in [-0.25, -0.2) is 4.39 Å². The lowest BCUT2D eigenvalue weighted by Crippen LogP contribution is -2.32. The van der Waals surface area contributed by atoms with E-state index in [-0.39, 0.29) is 0 Å². The van der Waals surface area contributed by atoms with Crippen molar-refractivity contribution in [3.8, 4) is 0 Å². The molecule has 1 aliphatic heterocycles. The molecule has 0 aliphatic carbocycles. The van der Waals surface area contributed by atoms with E-state index in [1.165, 1.54) is 0 Å². The van der Waals surface area contributed by atoms with Gasteiger partial charge in [0.15, 0.2) is 0 Å². The number of aliphatic hydroxyl groups is 2.